The summed E-state index contributed by atoms with van der Waals surface area (Å²) < 4.78 is 25.7. The molecular weight excluding hydrogens is 270 g/mol. The molecule has 0 spiro atoms. The van der Waals surface area contributed by atoms with Gasteiger partial charge in [0.25, 0.3) is 0 Å². The molecule has 1 aliphatic carbocycles. The third-order valence-electron chi connectivity index (χ3n) is 3.98. The van der Waals surface area contributed by atoms with Crippen LogP contribution in [0.4, 0.5) is 5.69 Å². The Bertz CT molecular complexity index is 572. The third-order valence-corrected chi connectivity index (χ3v) is 5.65. The van der Waals surface area contributed by atoms with E-state index in [9.17, 15) is 8.42 Å². The normalized spacial score (nSPS) is 31.0. The van der Waals surface area contributed by atoms with Gasteiger partial charge in [-0.05, 0) is 30.9 Å². The van der Waals surface area contributed by atoms with Crippen molar-refractivity contribution in [1.82, 2.24) is 0 Å². The van der Waals surface area contributed by atoms with Crippen LogP contribution >= 0.6 is 11.6 Å². The average molecular weight is 286 g/mol. The number of hydrogen-bond donors (Lipinski definition) is 0. The van der Waals surface area contributed by atoms with Crippen molar-refractivity contribution in [2.45, 2.75) is 36.6 Å². The zero-order valence-corrected chi connectivity index (χ0v) is 11.8. The Hall–Kier alpha value is -0.740. The van der Waals surface area contributed by atoms with Crippen molar-refractivity contribution < 1.29 is 8.42 Å². The average Bonchev–Trinajstić information content (AvgIpc) is 2.63. The number of benzene rings is 1. The Balaban J connectivity index is 2.17. The predicted molar refractivity (Wildman–Crippen MR) is 73.8 cm³/mol. The summed E-state index contributed by atoms with van der Waals surface area (Å²) in [6.07, 6.45) is 4.14. The van der Waals surface area contributed by atoms with Crippen LogP contribution in [0, 0.1) is 0 Å². The van der Waals surface area contributed by atoms with Crippen molar-refractivity contribution in [3.63, 3.8) is 0 Å². The van der Waals surface area contributed by atoms with Gasteiger partial charge in [0.15, 0.2) is 0 Å². The topological polar surface area (TPSA) is 37.4 Å². The molecule has 5 heteroatoms. The Kier molecular flexibility index (Phi) is 2.83. The van der Waals surface area contributed by atoms with E-state index in [4.69, 9.17) is 11.6 Å². The Morgan fingerprint density at radius 1 is 1.28 bits per heavy atom. The standard InChI is InChI=1S/C13H16ClNO2S/c1-18(16,17)15-11-7-3-2-5-9(11)13-10(14)6-4-8-12(13)15/h2-3,5,7,10,12-13H,4,6,8H2,1H3/t10-,12+,13-/m1/s1. The van der Waals surface area contributed by atoms with Crippen LogP contribution in [0.1, 0.15) is 30.7 Å². The van der Waals surface area contributed by atoms with Crippen LogP contribution in [0.5, 0.6) is 0 Å². The molecule has 0 saturated heterocycles. The van der Waals surface area contributed by atoms with Crippen molar-refractivity contribution >= 4 is 27.3 Å². The number of anilines is 1. The summed E-state index contributed by atoms with van der Waals surface area (Å²) in [6.45, 7) is 0. The van der Waals surface area contributed by atoms with Gasteiger partial charge in [0.1, 0.15) is 0 Å². The Morgan fingerprint density at radius 3 is 2.72 bits per heavy atom. The fraction of sp³-hybridized carbons (Fsp3) is 0.538. The first-order chi connectivity index (χ1) is 8.50. The van der Waals surface area contributed by atoms with Gasteiger partial charge >= 0.3 is 0 Å². The molecule has 0 aromatic heterocycles. The molecule has 1 heterocycles. The molecule has 3 rings (SSSR count). The minimum atomic E-state index is -3.24. The molecule has 3 nitrogen and oxygen atoms in total. The van der Waals surface area contributed by atoms with Crippen molar-refractivity contribution in [3.8, 4) is 0 Å². The van der Waals surface area contributed by atoms with Gasteiger partial charge in [0.05, 0.1) is 18.0 Å². The fourth-order valence-electron chi connectivity index (χ4n) is 3.36. The highest BCUT2D eigenvalue weighted by Gasteiger charge is 2.47. The van der Waals surface area contributed by atoms with Crippen molar-refractivity contribution in [2.24, 2.45) is 0 Å². The van der Waals surface area contributed by atoms with Gasteiger partial charge in [-0.25, -0.2) is 8.42 Å². The second-order valence-corrected chi connectivity index (χ2v) is 7.58. The van der Waals surface area contributed by atoms with Crippen LogP contribution in [0.3, 0.4) is 0 Å². The van der Waals surface area contributed by atoms with E-state index in [1.165, 1.54) is 6.26 Å². The van der Waals surface area contributed by atoms with Crippen molar-refractivity contribution in [3.05, 3.63) is 29.8 Å². The first kappa shape index (κ1) is 12.3. The molecule has 1 aliphatic heterocycles. The molecule has 98 valence electrons. The molecule has 0 radical (unpaired) electrons. The molecule has 0 bridgehead atoms. The number of fused-ring (bicyclic) bond motifs is 3. The summed E-state index contributed by atoms with van der Waals surface area (Å²) in [7, 11) is -3.24. The van der Waals surface area contributed by atoms with Crippen LogP contribution < -0.4 is 4.31 Å². The lowest BCUT2D eigenvalue weighted by Gasteiger charge is -2.34. The maximum Gasteiger partial charge on any atom is 0.232 e. The molecule has 1 saturated carbocycles. The van der Waals surface area contributed by atoms with Gasteiger partial charge in [0.2, 0.25) is 10.0 Å². The van der Waals surface area contributed by atoms with Crippen molar-refractivity contribution in [1.29, 1.82) is 0 Å². The van der Waals surface area contributed by atoms with Gasteiger partial charge in [0, 0.05) is 11.3 Å². The SMILES string of the molecule is CS(=O)(=O)N1c2ccccc2[C@@H]2[C@H](Cl)CCC[C@@H]21. The molecule has 0 unspecified atom stereocenters. The highest BCUT2D eigenvalue weighted by Crippen LogP contribution is 2.50. The van der Waals surface area contributed by atoms with Crippen LogP contribution in [0.25, 0.3) is 0 Å². The summed E-state index contributed by atoms with van der Waals surface area (Å²) in [5, 5.41) is 0.0386. The largest absolute Gasteiger partial charge is 0.266 e. The molecule has 0 N–H and O–H groups in total. The van der Waals surface area contributed by atoms with Gasteiger partial charge < -0.3 is 0 Å². The smallest absolute Gasteiger partial charge is 0.232 e. The number of halogens is 1. The second-order valence-electron chi connectivity index (χ2n) is 5.16. The zero-order chi connectivity index (χ0) is 12.9. The first-order valence-electron chi connectivity index (χ1n) is 6.22. The third kappa shape index (κ3) is 1.74. The summed E-state index contributed by atoms with van der Waals surface area (Å²) >= 11 is 6.44. The molecule has 3 atom stereocenters. The maximum absolute atomic E-state index is 12.0. The van der Waals surface area contributed by atoms with E-state index < -0.39 is 10.0 Å². The molecule has 0 amide bonds. The van der Waals surface area contributed by atoms with E-state index in [2.05, 4.69) is 0 Å². The van der Waals surface area contributed by atoms with E-state index in [-0.39, 0.29) is 17.3 Å². The Morgan fingerprint density at radius 2 is 2.00 bits per heavy atom. The number of rotatable bonds is 1. The van der Waals surface area contributed by atoms with Gasteiger partial charge in [-0.2, -0.15) is 0 Å². The zero-order valence-electron chi connectivity index (χ0n) is 10.2. The van der Waals surface area contributed by atoms with E-state index in [0.717, 1.165) is 30.5 Å². The summed E-state index contributed by atoms with van der Waals surface area (Å²) in [5.41, 5.74) is 1.91. The first-order valence-corrected chi connectivity index (χ1v) is 8.51. The highest BCUT2D eigenvalue weighted by molar-refractivity contribution is 7.92. The lowest BCUT2D eigenvalue weighted by Crippen LogP contribution is -2.42. The number of para-hydroxylation sites is 1. The van der Waals surface area contributed by atoms with Crippen LogP contribution in [0.2, 0.25) is 0 Å². The van der Waals surface area contributed by atoms with Crippen LogP contribution in [-0.2, 0) is 10.0 Å². The Labute approximate surface area is 113 Å². The number of hydrogen-bond acceptors (Lipinski definition) is 2. The van der Waals surface area contributed by atoms with E-state index in [1.807, 2.05) is 24.3 Å². The number of sulfonamides is 1. The van der Waals surface area contributed by atoms with E-state index in [0.29, 0.717) is 0 Å². The highest BCUT2D eigenvalue weighted by atomic mass is 35.5. The second kappa shape index (κ2) is 4.14. The van der Waals surface area contributed by atoms with Gasteiger partial charge in [-0.3, -0.25) is 4.31 Å². The number of nitrogens with zero attached hydrogens (tertiary/aromatic N) is 1. The predicted octanol–water partition coefficient (Wildman–Crippen LogP) is 2.71. The molecule has 1 fully saturated rings. The van der Waals surface area contributed by atoms with E-state index in [1.54, 1.807) is 4.31 Å². The molecule has 2 aliphatic rings. The molecule has 1 aromatic carbocycles. The van der Waals surface area contributed by atoms with E-state index >= 15 is 0 Å². The number of alkyl halides is 1. The molecule has 1 aromatic rings. The van der Waals surface area contributed by atoms with Gasteiger partial charge in [-0.15, -0.1) is 11.6 Å². The monoisotopic (exact) mass is 285 g/mol. The van der Waals surface area contributed by atoms with Crippen LogP contribution in [-0.4, -0.2) is 26.1 Å². The maximum atomic E-state index is 12.0. The lowest BCUT2D eigenvalue weighted by atomic mass is 9.82. The minimum Gasteiger partial charge on any atom is -0.266 e. The lowest BCUT2D eigenvalue weighted by molar-refractivity contribution is 0.411. The summed E-state index contributed by atoms with van der Waals surface area (Å²) in [5.74, 6) is 0.145. The molecular formula is C13H16ClNO2S. The van der Waals surface area contributed by atoms with Crippen molar-refractivity contribution in [2.75, 3.05) is 10.6 Å². The minimum absolute atomic E-state index is 0.00801. The van der Waals surface area contributed by atoms with Crippen LogP contribution in [0.15, 0.2) is 24.3 Å². The quantitative estimate of drug-likeness (QED) is 0.744. The molecule has 18 heavy (non-hydrogen) atoms. The summed E-state index contributed by atoms with van der Waals surface area (Å²) in [4.78, 5) is 0. The summed E-state index contributed by atoms with van der Waals surface area (Å²) in [6, 6.07) is 7.75. The fourth-order valence-corrected chi connectivity index (χ4v) is 5.07. The van der Waals surface area contributed by atoms with Gasteiger partial charge in [-0.1, -0.05) is 18.2 Å².